The van der Waals surface area contributed by atoms with Gasteiger partial charge in [-0.25, -0.2) is 0 Å². The molecule has 7 nitrogen and oxygen atoms in total. The lowest BCUT2D eigenvalue weighted by Crippen LogP contribution is -2.15. The molecule has 0 radical (unpaired) electrons. The summed E-state index contributed by atoms with van der Waals surface area (Å²) in [6.07, 6.45) is 0. The van der Waals surface area contributed by atoms with Crippen LogP contribution in [-0.4, -0.2) is 47.3 Å². The Labute approximate surface area is 174 Å². The van der Waals surface area contributed by atoms with Crippen molar-refractivity contribution in [2.24, 2.45) is 0 Å². The average Bonchev–Trinajstić information content (AvgIpc) is 3.16. The predicted octanol–water partition coefficient (Wildman–Crippen LogP) is 3.91. The van der Waals surface area contributed by atoms with Crippen molar-refractivity contribution >= 4 is 17.7 Å². The second kappa shape index (κ2) is 9.00. The van der Waals surface area contributed by atoms with E-state index in [9.17, 15) is 4.79 Å². The first-order chi connectivity index (χ1) is 14.0. The number of aromatic nitrogens is 3. The fraction of sp³-hybridized carbons (Fsp3) is 0.286. The van der Waals surface area contributed by atoms with Crippen LogP contribution in [0.1, 0.15) is 12.5 Å². The zero-order valence-corrected chi connectivity index (χ0v) is 17.8. The largest absolute Gasteiger partial charge is 0.493 e. The van der Waals surface area contributed by atoms with Crippen molar-refractivity contribution in [3.05, 3.63) is 48.0 Å². The van der Waals surface area contributed by atoms with Gasteiger partial charge >= 0.3 is 5.97 Å². The monoisotopic (exact) mass is 413 g/mol. The topological polar surface area (TPSA) is 75.5 Å². The molecule has 0 aliphatic rings. The van der Waals surface area contributed by atoms with Crippen LogP contribution >= 0.6 is 11.8 Å². The smallest absolute Gasteiger partial charge is 0.318 e. The maximum atomic E-state index is 11.9. The Morgan fingerprint density at radius 2 is 1.69 bits per heavy atom. The van der Waals surface area contributed by atoms with Crippen LogP contribution in [0.3, 0.4) is 0 Å². The summed E-state index contributed by atoms with van der Waals surface area (Å²) in [5.74, 6) is 1.54. The van der Waals surface area contributed by atoms with Crippen LogP contribution < -0.4 is 9.47 Å². The molecule has 0 amide bonds. The Bertz CT molecular complexity index is 1000. The average molecular weight is 413 g/mol. The minimum atomic E-state index is -0.424. The lowest BCUT2D eigenvalue weighted by molar-refractivity contribution is -0.139. The van der Waals surface area contributed by atoms with Gasteiger partial charge in [-0.1, -0.05) is 29.5 Å². The van der Waals surface area contributed by atoms with Crippen LogP contribution in [0.4, 0.5) is 0 Å². The number of ether oxygens (including phenoxy) is 3. The molecule has 0 bridgehead atoms. The van der Waals surface area contributed by atoms with Crippen LogP contribution in [0, 0.1) is 6.92 Å². The van der Waals surface area contributed by atoms with E-state index in [-0.39, 0.29) is 5.97 Å². The maximum absolute atomic E-state index is 11.9. The highest BCUT2D eigenvalue weighted by Gasteiger charge is 2.22. The molecule has 8 heteroatoms. The molecule has 3 rings (SSSR count). The van der Waals surface area contributed by atoms with Gasteiger partial charge in [0, 0.05) is 11.3 Å². The van der Waals surface area contributed by atoms with Crippen molar-refractivity contribution in [1.82, 2.24) is 14.8 Å². The summed E-state index contributed by atoms with van der Waals surface area (Å²) in [5.41, 5.74) is 2.85. The Hall–Kier alpha value is -3.00. The molecule has 2 aromatic carbocycles. The molecule has 1 atom stereocenters. The number of nitrogens with zero attached hydrogens (tertiary/aromatic N) is 3. The van der Waals surface area contributed by atoms with Gasteiger partial charge in [0.1, 0.15) is 5.25 Å². The minimum Gasteiger partial charge on any atom is -0.493 e. The third-order valence-corrected chi connectivity index (χ3v) is 5.40. The molecule has 0 aliphatic heterocycles. The molecule has 1 aromatic heterocycles. The summed E-state index contributed by atoms with van der Waals surface area (Å²) < 4.78 is 17.5. The number of hydrogen-bond acceptors (Lipinski definition) is 7. The minimum absolute atomic E-state index is 0.318. The molecule has 0 saturated carbocycles. The van der Waals surface area contributed by atoms with Gasteiger partial charge in [-0.3, -0.25) is 9.36 Å². The van der Waals surface area contributed by atoms with E-state index >= 15 is 0 Å². The van der Waals surface area contributed by atoms with Crippen molar-refractivity contribution < 1.29 is 19.0 Å². The van der Waals surface area contributed by atoms with E-state index in [0.717, 1.165) is 16.8 Å². The van der Waals surface area contributed by atoms with E-state index in [0.29, 0.717) is 22.5 Å². The Morgan fingerprint density at radius 3 is 2.31 bits per heavy atom. The van der Waals surface area contributed by atoms with Crippen LogP contribution in [0.5, 0.6) is 11.5 Å². The number of methoxy groups -OCH3 is 3. The Kier molecular flexibility index (Phi) is 6.43. The molecule has 0 spiro atoms. The summed E-state index contributed by atoms with van der Waals surface area (Å²) in [5, 5.41) is 8.91. The number of esters is 1. The summed E-state index contributed by atoms with van der Waals surface area (Å²) >= 11 is 1.29. The van der Waals surface area contributed by atoms with Crippen molar-refractivity contribution in [2.75, 3.05) is 21.3 Å². The number of benzene rings is 2. The summed E-state index contributed by atoms with van der Waals surface area (Å²) in [6.45, 7) is 3.81. The van der Waals surface area contributed by atoms with E-state index in [1.54, 1.807) is 21.1 Å². The third-order valence-electron chi connectivity index (χ3n) is 4.38. The van der Waals surface area contributed by atoms with Crippen LogP contribution in [0.2, 0.25) is 0 Å². The molecular weight excluding hydrogens is 390 g/mol. The molecule has 152 valence electrons. The first kappa shape index (κ1) is 20.7. The number of thioether (sulfide) groups is 1. The lowest BCUT2D eigenvalue weighted by Gasteiger charge is -2.14. The van der Waals surface area contributed by atoms with E-state index in [1.807, 2.05) is 54.0 Å². The molecule has 0 N–H and O–H groups in total. The first-order valence-electron chi connectivity index (χ1n) is 8.97. The molecule has 0 fully saturated rings. The van der Waals surface area contributed by atoms with Crippen molar-refractivity contribution in [1.29, 1.82) is 0 Å². The number of carbonyl (C=O) groups is 1. The van der Waals surface area contributed by atoms with Gasteiger partial charge < -0.3 is 14.2 Å². The molecule has 29 heavy (non-hydrogen) atoms. The van der Waals surface area contributed by atoms with E-state index in [1.165, 1.54) is 18.9 Å². The van der Waals surface area contributed by atoms with Crippen molar-refractivity contribution in [2.45, 2.75) is 24.3 Å². The highest BCUT2D eigenvalue weighted by molar-refractivity contribution is 8.00. The molecule has 0 saturated heterocycles. The van der Waals surface area contributed by atoms with Crippen LogP contribution in [-0.2, 0) is 9.53 Å². The van der Waals surface area contributed by atoms with E-state index in [4.69, 9.17) is 14.2 Å². The van der Waals surface area contributed by atoms with Gasteiger partial charge in [0.15, 0.2) is 22.5 Å². The van der Waals surface area contributed by atoms with Gasteiger partial charge in [-0.15, -0.1) is 10.2 Å². The summed E-state index contributed by atoms with van der Waals surface area (Å²) in [6, 6.07) is 13.6. The molecule has 1 heterocycles. The predicted molar refractivity (Wildman–Crippen MR) is 112 cm³/mol. The normalized spacial score (nSPS) is 11.8. The summed E-state index contributed by atoms with van der Waals surface area (Å²) in [4.78, 5) is 11.9. The van der Waals surface area contributed by atoms with Gasteiger partial charge in [0.2, 0.25) is 0 Å². The maximum Gasteiger partial charge on any atom is 0.318 e. The van der Waals surface area contributed by atoms with Gasteiger partial charge in [-0.05, 0) is 44.2 Å². The summed E-state index contributed by atoms with van der Waals surface area (Å²) in [7, 11) is 4.56. The highest BCUT2D eigenvalue weighted by Crippen LogP contribution is 2.35. The molecule has 0 unspecified atom stereocenters. The fourth-order valence-corrected chi connectivity index (χ4v) is 3.70. The van der Waals surface area contributed by atoms with Crippen molar-refractivity contribution in [3.63, 3.8) is 0 Å². The number of hydrogen-bond donors (Lipinski definition) is 0. The second-order valence-corrected chi connectivity index (χ2v) is 7.64. The molecular formula is C21H23N3O4S. The van der Waals surface area contributed by atoms with Crippen LogP contribution in [0.25, 0.3) is 17.1 Å². The third kappa shape index (κ3) is 4.37. The van der Waals surface area contributed by atoms with E-state index < -0.39 is 5.25 Å². The Balaban J connectivity index is 2.12. The van der Waals surface area contributed by atoms with Gasteiger partial charge in [-0.2, -0.15) is 0 Å². The van der Waals surface area contributed by atoms with Crippen molar-refractivity contribution in [3.8, 4) is 28.6 Å². The quantitative estimate of drug-likeness (QED) is 0.429. The van der Waals surface area contributed by atoms with Gasteiger partial charge in [0.25, 0.3) is 0 Å². The number of carbonyl (C=O) groups excluding carboxylic acids is 1. The molecule has 0 aliphatic carbocycles. The fourth-order valence-electron chi connectivity index (χ4n) is 2.81. The van der Waals surface area contributed by atoms with E-state index in [2.05, 4.69) is 10.2 Å². The Morgan fingerprint density at radius 1 is 1.00 bits per heavy atom. The lowest BCUT2D eigenvalue weighted by atomic mass is 10.1. The SMILES string of the molecule is COC(=O)[C@H](C)Sc1nnc(-c2ccc(OC)c(OC)c2)n1-c1ccc(C)cc1. The zero-order valence-electron chi connectivity index (χ0n) is 17.0. The highest BCUT2D eigenvalue weighted by atomic mass is 32.2. The standard InChI is InChI=1S/C21H23N3O4S/c1-13-6-9-16(10-7-13)24-19(15-8-11-17(26-3)18(12-15)27-4)22-23-21(24)29-14(2)20(25)28-5/h6-12,14H,1-5H3/t14-/m0/s1. The second-order valence-electron chi connectivity index (χ2n) is 6.33. The van der Waals surface area contributed by atoms with Gasteiger partial charge in [0.05, 0.1) is 21.3 Å². The molecule has 3 aromatic rings. The first-order valence-corrected chi connectivity index (χ1v) is 9.85. The number of rotatable bonds is 7. The number of aryl methyl sites for hydroxylation is 1. The zero-order chi connectivity index (χ0) is 21.0. The van der Waals surface area contributed by atoms with Crippen LogP contribution in [0.15, 0.2) is 47.6 Å².